The number of carbonyl (C=O) groups excluding carboxylic acids is 2. The summed E-state index contributed by atoms with van der Waals surface area (Å²) in [4.78, 5) is 23.0. The highest BCUT2D eigenvalue weighted by atomic mass is 31.1. The number of hydrogen-bond donors (Lipinski definition) is 1. The number of benzene rings is 1. The highest BCUT2D eigenvalue weighted by Gasteiger charge is 2.37. The molecule has 2 atom stereocenters. The SMILES string of the molecule is COC(=O)C[P+](=O)[C@H](NC(=O)OCc1ccccc1)C(C)C. The lowest BCUT2D eigenvalue weighted by molar-refractivity contribution is -0.137. The molecule has 0 saturated heterocycles. The predicted molar refractivity (Wildman–Crippen MR) is 82.9 cm³/mol. The quantitative estimate of drug-likeness (QED) is 0.615. The van der Waals surface area contributed by atoms with Crippen molar-refractivity contribution in [1.82, 2.24) is 5.32 Å². The smallest absolute Gasteiger partial charge is 0.410 e. The monoisotopic (exact) mass is 326 g/mol. The number of alkyl carbamates (subject to hydrolysis) is 1. The third-order valence-corrected chi connectivity index (χ3v) is 4.85. The van der Waals surface area contributed by atoms with Gasteiger partial charge in [0.1, 0.15) is 6.61 Å². The van der Waals surface area contributed by atoms with E-state index >= 15 is 0 Å². The number of carbonyl (C=O) groups is 2. The minimum Gasteiger partial charge on any atom is -0.466 e. The largest absolute Gasteiger partial charge is 0.466 e. The zero-order valence-electron chi connectivity index (χ0n) is 12.9. The fourth-order valence-electron chi connectivity index (χ4n) is 1.75. The highest BCUT2D eigenvalue weighted by molar-refractivity contribution is 7.46. The molecule has 0 aliphatic heterocycles. The van der Waals surface area contributed by atoms with Gasteiger partial charge in [0.15, 0.2) is 0 Å². The molecule has 1 aromatic carbocycles. The van der Waals surface area contributed by atoms with Crippen molar-refractivity contribution in [3.8, 4) is 0 Å². The third-order valence-electron chi connectivity index (χ3n) is 2.93. The Hall–Kier alpha value is -1.94. The molecule has 0 saturated carbocycles. The van der Waals surface area contributed by atoms with E-state index in [0.717, 1.165) is 5.56 Å². The van der Waals surface area contributed by atoms with E-state index in [1.54, 1.807) is 0 Å². The van der Waals surface area contributed by atoms with Gasteiger partial charge in [-0.3, -0.25) is 5.32 Å². The Bertz CT molecular complexity index is 518. The summed E-state index contributed by atoms with van der Waals surface area (Å²) in [6.45, 7) is 3.75. The van der Waals surface area contributed by atoms with Crippen LogP contribution >= 0.6 is 7.80 Å². The van der Waals surface area contributed by atoms with Crippen LogP contribution in [0, 0.1) is 5.92 Å². The van der Waals surface area contributed by atoms with Crippen molar-refractivity contribution in [3.05, 3.63) is 35.9 Å². The van der Waals surface area contributed by atoms with Crippen LogP contribution in [-0.2, 0) is 25.4 Å². The summed E-state index contributed by atoms with van der Waals surface area (Å²) in [5.41, 5.74) is 0.859. The van der Waals surface area contributed by atoms with Crippen molar-refractivity contribution in [2.24, 2.45) is 5.92 Å². The van der Waals surface area contributed by atoms with Gasteiger partial charge in [-0.25, -0.2) is 9.59 Å². The Labute approximate surface area is 131 Å². The summed E-state index contributed by atoms with van der Waals surface area (Å²) in [7, 11) is -0.729. The van der Waals surface area contributed by atoms with Crippen LogP contribution in [0.3, 0.4) is 0 Å². The molecular weight excluding hydrogens is 305 g/mol. The van der Waals surface area contributed by atoms with Gasteiger partial charge in [0, 0.05) is 5.92 Å². The van der Waals surface area contributed by atoms with E-state index < -0.39 is 25.6 Å². The average molecular weight is 326 g/mol. The van der Waals surface area contributed by atoms with Gasteiger partial charge in [0.05, 0.1) is 7.11 Å². The van der Waals surface area contributed by atoms with Gasteiger partial charge in [-0.1, -0.05) is 48.7 Å². The van der Waals surface area contributed by atoms with E-state index in [1.165, 1.54) is 7.11 Å². The van der Waals surface area contributed by atoms with Crippen molar-refractivity contribution >= 4 is 19.9 Å². The lowest BCUT2D eigenvalue weighted by Gasteiger charge is -2.13. The summed E-state index contributed by atoms with van der Waals surface area (Å²) < 4.78 is 21.7. The predicted octanol–water partition coefficient (Wildman–Crippen LogP) is 2.90. The van der Waals surface area contributed by atoms with Gasteiger partial charge < -0.3 is 9.47 Å². The molecule has 7 heteroatoms. The van der Waals surface area contributed by atoms with Crippen molar-refractivity contribution in [2.75, 3.05) is 13.3 Å². The zero-order valence-corrected chi connectivity index (χ0v) is 13.8. The second-order valence-electron chi connectivity index (χ2n) is 5.05. The molecule has 0 radical (unpaired) electrons. The normalized spacial score (nSPS) is 12.5. The van der Waals surface area contributed by atoms with E-state index in [1.807, 2.05) is 44.2 Å². The minimum atomic E-state index is -1.96. The first kappa shape index (κ1) is 18.1. The van der Waals surface area contributed by atoms with Crippen LogP contribution in [0.5, 0.6) is 0 Å². The number of ether oxygens (including phenoxy) is 2. The second-order valence-corrected chi connectivity index (χ2v) is 6.75. The van der Waals surface area contributed by atoms with Crippen LogP contribution in [0.15, 0.2) is 30.3 Å². The van der Waals surface area contributed by atoms with Crippen molar-refractivity contribution in [2.45, 2.75) is 26.2 Å². The fraction of sp³-hybridized carbons (Fsp3) is 0.467. The maximum absolute atomic E-state index is 12.1. The summed E-state index contributed by atoms with van der Waals surface area (Å²) >= 11 is 0. The molecule has 0 heterocycles. The molecule has 1 aromatic rings. The second kappa shape index (κ2) is 9.15. The number of hydrogen-bond acceptors (Lipinski definition) is 5. The van der Waals surface area contributed by atoms with E-state index in [9.17, 15) is 14.2 Å². The Morgan fingerprint density at radius 3 is 2.41 bits per heavy atom. The molecule has 1 rings (SSSR count). The van der Waals surface area contributed by atoms with Crippen LogP contribution in [0.4, 0.5) is 4.79 Å². The molecule has 0 spiro atoms. The van der Waals surface area contributed by atoms with Gasteiger partial charge in [0.25, 0.3) is 0 Å². The highest BCUT2D eigenvalue weighted by Crippen LogP contribution is 2.31. The first-order valence-corrected chi connectivity index (χ1v) is 8.43. The van der Waals surface area contributed by atoms with Crippen LogP contribution in [0.25, 0.3) is 0 Å². The van der Waals surface area contributed by atoms with E-state index in [0.29, 0.717) is 0 Å². The van der Waals surface area contributed by atoms with Gasteiger partial charge in [-0.05, 0) is 5.56 Å². The van der Waals surface area contributed by atoms with Crippen LogP contribution in [-0.4, -0.2) is 31.1 Å². The number of rotatable bonds is 7. The van der Waals surface area contributed by atoms with Crippen molar-refractivity contribution in [3.63, 3.8) is 0 Å². The van der Waals surface area contributed by atoms with Gasteiger partial charge >= 0.3 is 19.9 Å². The van der Waals surface area contributed by atoms with Gasteiger partial charge in [-0.2, -0.15) is 0 Å². The summed E-state index contributed by atoms with van der Waals surface area (Å²) in [6, 6.07) is 9.24. The molecule has 120 valence electrons. The Morgan fingerprint density at radius 2 is 1.86 bits per heavy atom. The molecule has 0 fully saturated rings. The Balaban J connectivity index is 2.53. The third kappa shape index (κ3) is 6.22. The van der Waals surface area contributed by atoms with Gasteiger partial charge in [0.2, 0.25) is 11.9 Å². The molecule has 22 heavy (non-hydrogen) atoms. The molecule has 1 N–H and O–H groups in total. The first-order chi connectivity index (χ1) is 10.4. The van der Waals surface area contributed by atoms with Crippen LogP contribution < -0.4 is 5.32 Å². The maximum Gasteiger partial charge on any atom is 0.410 e. The minimum absolute atomic E-state index is 0.0995. The van der Waals surface area contributed by atoms with E-state index in [-0.39, 0.29) is 18.7 Å². The van der Waals surface area contributed by atoms with Crippen molar-refractivity contribution in [1.29, 1.82) is 0 Å². The Kier molecular flexibility index (Phi) is 7.54. The van der Waals surface area contributed by atoms with Crippen molar-refractivity contribution < 1.29 is 23.6 Å². The van der Waals surface area contributed by atoms with E-state index in [4.69, 9.17) is 4.74 Å². The topological polar surface area (TPSA) is 81.7 Å². The van der Waals surface area contributed by atoms with Gasteiger partial charge in [-0.15, -0.1) is 0 Å². The van der Waals surface area contributed by atoms with Crippen LogP contribution in [0.1, 0.15) is 19.4 Å². The number of esters is 1. The molecule has 0 aliphatic rings. The molecule has 1 amide bonds. The molecule has 0 aromatic heterocycles. The number of amides is 1. The fourth-order valence-corrected chi connectivity index (χ4v) is 3.24. The summed E-state index contributed by atoms with van der Waals surface area (Å²) in [5.74, 6) is -1.30. The number of nitrogens with one attached hydrogen (secondary N) is 1. The van der Waals surface area contributed by atoms with E-state index in [2.05, 4.69) is 10.1 Å². The van der Waals surface area contributed by atoms with Crippen LogP contribution in [0.2, 0.25) is 0 Å². The number of methoxy groups -OCH3 is 1. The first-order valence-electron chi connectivity index (χ1n) is 6.91. The molecule has 6 nitrogen and oxygen atoms in total. The molecule has 0 aliphatic carbocycles. The zero-order chi connectivity index (χ0) is 16.5. The lowest BCUT2D eigenvalue weighted by Crippen LogP contribution is -2.37. The summed E-state index contributed by atoms with van der Waals surface area (Å²) in [6.07, 6.45) is -0.885. The molecule has 0 bridgehead atoms. The lowest BCUT2D eigenvalue weighted by atomic mass is 10.2. The summed E-state index contributed by atoms with van der Waals surface area (Å²) in [5, 5.41) is 2.56. The Morgan fingerprint density at radius 1 is 1.23 bits per heavy atom. The molecular formula is C15H21NO5P+. The average Bonchev–Trinajstić information content (AvgIpc) is 2.51. The maximum atomic E-state index is 12.1. The molecule has 1 unspecified atom stereocenters. The standard InChI is InChI=1S/C15H20NO5P/c1-11(2)14(22(19)10-13(17)20-3)16-15(18)21-9-12-7-5-4-6-8-12/h4-8,11,14H,9-10H2,1-3H3/p+1/t14-/m0/s1.